The minimum absolute atomic E-state index is 0.00424. The number of aliphatic hydroxyl groups is 1. The molecule has 2 rings (SSSR count). The number of carbonyl (C=O) groups is 1. The van der Waals surface area contributed by atoms with Gasteiger partial charge in [0.2, 0.25) is 5.91 Å². The Labute approximate surface area is 142 Å². The van der Waals surface area contributed by atoms with Gasteiger partial charge < -0.3 is 15.2 Å². The number of hydrogen-bond donors (Lipinski definition) is 2. The summed E-state index contributed by atoms with van der Waals surface area (Å²) in [6.45, 7) is 4.45. The van der Waals surface area contributed by atoms with E-state index in [0.29, 0.717) is 13.2 Å². The van der Waals surface area contributed by atoms with Gasteiger partial charge >= 0.3 is 0 Å². The number of ether oxygens (including phenoxy) is 1. The molecule has 1 amide bonds. The van der Waals surface area contributed by atoms with E-state index in [-0.39, 0.29) is 23.7 Å². The van der Waals surface area contributed by atoms with Gasteiger partial charge in [0, 0.05) is 13.7 Å². The topological polar surface area (TPSA) is 61.8 Å². The van der Waals surface area contributed by atoms with Crippen molar-refractivity contribution < 1.29 is 19.0 Å². The van der Waals surface area contributed by atoms with E-state index in [1.807, 2.05) is 6.92 Å². The predicted octanol–water partition coefficient (Wildman–Crippen LogP) is 1.72. The summed E-state index contributed by atoms with van der Waals surface area (Å²) in [5, 5.41) is 13.3. The molecule has 2 unspecified atom stereocenters. The fourth-order valence-corrected chi connectivity index (χ4v) is 3.14. The van der Waals surface area contributed by atoms with Gasteiger partial charge in [0.15, 0.2) is 0 Å². The zero-order valence-electron chi connectivity index (χ0n) is 14.4. The maximum Gasteiger partial charge on any atom is 0.237 e. The fourth-order valence-electron chi connectivity index (χ4n) is 3.14. The molecule has 0 spiro atoms. The van der Waals surface area contributed by atoms with E-state index in [0.717, 1.165) is 31.5 Å². The molecular weight excluding hydrogens is 311 g/mol. The van der Waals surface area contributed by atoms with E-state index in [9.17, 15) is 14.3 Å². The van der Waals surface area contributed by atoms with Gasteiger partial charge in [-0.1, -0.05) is 12.1 Å². The van der Waals surface area contributed by atoms with E-state index in [1.165, 1.54) is 12.1 Å². The quantitative estimate of drug-likeness (QED) is 0.743. The molecule has 1 aromatic carbocycles. The lowest BCUT2D eigenvalue weighted by atomic mass is 9.87. The van der Waals surface area contributed by atoms with E-state index in [4.69, 9.17) is 4.74 Å². The molecule has 0 aliphatic carbocycles. The van der Waals surface area contributed by atoms with E-state index < -0.39 is 6.10 Å². The molecule has 1 aromatic rings. The molecule has 5 nitrogen and oxygen atoms in total. The zero-order valence-corrected chi connectivity index (χ0v) is 14.4. The van der Waals surface area contributed by atoms with Crippen LogP contribution in [0.1, 0.15) is 31.4 Å². The van der Waals surface area contributed by atoms with Crippen LogP contribution in [0.3, 0.4) is 0 Å². The summed E-state index contributed by atoms with van der Waals surface area (Å²) in [5.74, 6) is -0.158. The van der Waals surface area contributed by atoms with Crippen LogP contribution in [-0.2, 0) is 9.53 Å². The summed E-state index contributed by atoms with van der Waals surface area (Å²) in [7, 11) is 1.60. The Balaban J connectivity index is 1.82. The molecule has 24 heavy (non-hydrogen) atoms. The molecule has 1 saturated heterocycles. The van der Waals surface area contributed by atoms with Crippen LogP contribution in [0.2, 0.25) is 0 Å². The van der Waals surface area contributed by atoms with E-state index in [2.05, 4.69) is 10.2 Å². The van der Waals surface area contributed by atoms with Crippen LogP contribution in [-0.4, -0.2) is 55.3 Å². The van der Waals surface area contributed by atoms with Crippen molar-refractivity contribution in [3.05, 3.63) is 35.6 Å². The van der Waals surface area contributed by atoms with Crippen molar-refractivity contribution in [3.63, 3.8) is 0 Å². The Morgan fingerprint density at radius 2 is 2.00 bits per heavy atom. The monoisotopic (exact) mass is 338 g/mol. The number of benzene rings is 1. The number of rotatable bonds is 7. The molecule has 1 aliphatic heterocycles. The van der Waals surface area contributed by atoms with Crippen molar-refractivity contribution in [2.75, 3.05) is 33.4 Å². The lowest BCUT2D eigenvalue weighted by Gasteiger charge is -2.37. The van der Waals surface area contributed by atoms with Crippen molar-refractivity contribution in [1.29, 1.82) is 0 Å². The van der Waals surface area contributed by atoms with Crippen LogP contribution in [0.25, 0.3) is 0 Å². The number of nitrogens with zero attached hydrogens (tertiary/aromatic N) is 1. The molecular formula is C18H27FN2O3. The molecule has 2 atom stereocenters. The van der Waals surface area contributed by atoms with Gasteiger partial charge in [-0.05, 0) is 56.5 Å². The molecule has 1 fully saturated rings. The van der Waals surface area contributed by atoms with Crippen LogP contribution >= 0.6 is 0 Å². The first kappa shape index (κ1) is 18.8. The van der Waals surface area contributed by atoms with Crippen LogP contribution < -0.4 is 5.32 Å². The number of nitrogens with one attached hydrogen (secondary N) is 1. The number of piperidine rings is 1. The first-order chi connectivity index (χ1) is 11.5. The maximum atomic E-state index is 13.0. The summed E-state index contributed by atoms with van der Waals surface area (Å²) in [6, 6.07) is 5.84. The van der Waals surface area contributed by atoms with Gasteiger partial charge in [-0.3, -0.25) is 9.69 Å². The number of likely N-dealkylation sites (tertiary alicyclic amines) is 1. The minimum atomic E-state index is -0.585. The standard InChI is InChI=1S/C18H27FN2O3/c1-13(18(23)20-9-12-24-2)21-10-7-15(8-11-21)17(22)14-3-5-16(19)6-4-14/h3-6,13,15,17,22H,7-12H2,1-2H3,(H,20,23). The summed E-state index contributed by atoms with van der Waals surface area (Å²) in [4.78, 5) is 14.2. The highest BCUT2D eigenvalue weighted by molar-refractivity contribution is 5.81. The smallest absolute Gasteiger partial charge is 0.237 e. The highest BCUT2D eigenvalue weighted by Crippen LogP contribution is 2.31. The molecule has 0 saturated carbocycles. The second kappa shape index (κ2) is 9.11. The van der Waals surface area contributed by atoms with Crippen LogP contribution in [0, 0.1) is 11.7 Å². The number of amides is 1. The summed E-state index contributed by atoms with van der Waals surface area (Å²) < 4.78 is 17.9. The van der Waals surface area contributed by atoms with Crippen molar-refractivity contribution in [1.82, 2.24) is 10.2 Å². The third kappa shape index (κ3) is 5.00. The van der Waals surface area contributed by atoms with Gasteiger partial charge in [0.05, 0.1) is 18.8 Å². The van der Waals surface area contributed by atoms with Gasteiger partial charge in [-0.2, -0.15) is 0 Å². The van der Waals surface area contributed by atoms with Gasteiger partial charge in [-0.25, -0.2) is 4.39 Å². The largest absolute Gasteiger partial charge is 0.388 e. The van der Waals surface area contributed by atoms with Crippen molar-refractivity contribution in [2.45, 2.75) is 31.9 Å². The Hall–Kier alpha value is -1.50. The summed E-state index contributed by atoms with van der Waals surface area (Å²) in [6.07, 6.45) is 1.04. The van der Waals surface area contributed by atoms with Crippen molar-refractivity contribution in [3.8, 4) is 0 Å². The summed E-state index contributed by atoms with van der Waals surface area (Å²) in [5.41, 5.74) is 0.750. The van der Waals surface area contributed by atoms with E-state index in [1.54, 1.807) is 19.2 Å². The molecule has 0 radical (unpaired) electrons. The lowest BCUT2D eigenvalue weighted by Crippen LogP contribution is -2.49. The number of aliphatic hydroxyl groups excluding tert-OH is 1. The molecule has 0 aromatic heterocycles. The van der Waals surface area contributed by atoms with Gasteiger partial charge in [0.25, 0.3) is 0 Å². The predicted molar refractivity (Wildman–Crippen MR) is 90.0 cm³/mol. The average molecular weight is 338 g/mol. The minimum Gasteiger partial charge on any atom is -0.388 e. The van der Waals surface area contributed by atoms with Crippen LogP contribution in [0.5, 0.6) is 0 Å². The van der Waals surface area contributed by atoms with Crippen LogP contribution in [0.4, 0.5) is 4.39 Å². The normalized spacial score (nSPS) is 19.0. The number of hydrogen-bond acceptors (Lipinski definition) is 4. The third-order valence-corrected chi connectivity index (χ3v) is 4.76. The lowest BCUT2D eigenvalue weighted by molar-refractivity contribution is -0.126. The zero-order chi connectivity index (χ0) is 17.5. The second-order valence-corrected chi connectivity index (χ2v) is 6.33. The molecule has 0 bridgehead atoms. The molecule has 134 valence electrons. The number of carbonyl (C=O) groups excluding carboxylic acids is 1. The molecule has 1 aliphatic rings. The molecule has 6 heteroatoms. The van der Waals surface area contributed by atoms with Gasteiger partial charge in [-0.15, -0.1) is 0 Å². The second-order valence-electron chi connectivity index (χ2n) is 6.33. The van der Waals surface area contributed by atoms with Crippen molar-refractivity contribution in [2.24, 2.45) is 5.92 Å². The molecule has 2 N–H and O–H groups in total. The van der Waals surface area contributed by atoms with E-state index >= 15 is 0 Å². The first-order valence-electron chi connectivity index (χ1n) is 8.47. The highest BCUT2D eigenvalue weighted by atomic mass is 19.1. The number of methoxy groups -OCH3 is 1. The van der Waals surface area contributed by atoms with Crippen LogP contribution in [0.15, 0.2) is 24.3 Å². The Bertz CT molecular complexity index is 516. The Kier molecular flexibility index (Phi) is 7.15. The summed E-state index contributed by atoms with van der Waals surface area (Å²) >= 11 is 0. The highest BCUT2D eigenvalue weighted by Gasteiger charge is 2.30. The Morgan fingerprint density at radius 3 is 2.58 bits per heavy atom. The third-order valence-electron chi connectivity index (χ3n) is 4.76. The maximum absolute atomic E-state index is 13.0. The SMILES string of the molecule is COCCNC(=O)C(C)N1CCC(C(O)c2ccc(F)cc2)CC1. The number of halogens is 1. The Morgan fingerprint density at radius 1 is 1.38 bits per heavy atom. The first-order valence-corrected chi connectivity index (χ1v) is 8.47. The fraction of sp³-hybridized carbons (Fsp3) is 0.611. The van der Waals surface area contributed by atoms with Crippen molar-refractivity contribution >= 4 is 5.91 Å². The average Bonchev–Trinajstić information content (AvgIpc) is 2.61. The molecule has 1 heterocycles. The van der Waals surface area contributed by atoms with Gasteiger partial charge in [0.1, 0.15) is 5.82 Å².